The number of hydrogen-bond donors (Lipinski definition) is 0. The molecule has 0 aromatic heterocycles. The second kappa shape index (κ2) is 8.37. The van der Waals surface area contributed by atoms with E-state index in [0.29, 0.717) is 5.75 Å². The fourth-order valence-electron chi connectivity index (χ4n) is 0.765. The van der Waals surface area contributed by atoms with E-state index >= 15 is 0 Å². The summed E-state index contributed by atoms with van der Waals surface area (Å²) in [6.07, 6.45) is 1.09. The summed E-state index contributed by atoms with van der Waals surface area (Å²) in [6.45, 7) is 4.01. The first kappa shape index (κ1) is 14.1. The van der Waals surface area contributed by atoms with Crippen molar-refractivity contribution >= 4 is 13.6 Å². The predicted molar refractivity (Wildman–Crippen MR) is 54.5 cm³/mol. The molecule has 0 aliphatic rings. The molecule has 0 aliphatic carbocycles. The summed E-state index contributed by atoms with van der Waals surface area (Å²) < 4.78 is 17.8. The molecule has 0 fully saturated rings. The zero-order chi connectivity index (χ0) is 11.0. The molecule has 74 valence electrons. The van der Waals surface area contributed by atoms with Gasteiger partial charge in [-0.3, -0.25) is 4.39 Å². The van der Waals surface area contributed by atoms with Gasteiger partial charge in [0.1, 0.15) is 0 Å². The summed E-state index contributed by atoms with van der Waals surface area (Å²) in [5.74, 6) is 0.317. The van der Waals surface area contributed by atoms with Crippen LogP contribution >= 0.6 is 13.6 Å². The van der Waals surface area contributed by atoms with Gasteiger partial charge in [-0.05, 0) is 13.3 Å². The van der Waals surface area contributed by atoms with Crippen molar-refractivity contribution in [3.63, 3.8) is 0 Å². The fourth-order valence-corrected chi connectivity index (χ4v) is 0.765. The van der Waals surface area contributed by atoms with Gasteiger partial charge in [0, 0.05) is 11.6 Å². The molecule has 1 aromatic carbocycles. The zero-order valence-corrected chi connectivity index (χ0v) is 12.9. The second-order valence-electron chi connectivity index (χ2n) is 2.71. The molecular weight excluding hydrogens is 300 g/mol. The van der Waals surface area contributed by atoms with Gasteiger partial charge in [0.2, 0.25) is 0 Å². The molecule has 0 saturated heterocycles. The van der Waals surface area contributed by atoms with E-state index in [0.717, 1.165) is 6.42 Å². The van der Waals surface area contributed by atoms with Gasteiger partial charge in [0.25, 0.3) is 0 Å². The van der Waals surface area contributed by atoms with Gasteiger partial charge < -0.3 is 4.74 Å². The zero-order valence-electron chi connectivity index (χ0n) is 8.39. The Morgan fingerprint density at radius 1 is 1.57 bits per heavy atom. The molecule has 0 aliphatic heterocycles. The summed E-state index contributed by atoms with van der Waals surface area (Å²) >= 11 is 4.25. The minimum absolute atomic E-state index is 0.159. The molecule has 0 saturated carbocycles. The summed E-state index contributed by atoms with van der Waals surface area (Å²) in [4.78, 5) is 0. The maximum atomic E-state index is 12.4. The average Bonchev–Trinajstić information content (AvgIpc) is 2.24. The number of halogens is 2. The minimum atomic E-state index is -0.286. The summed E-state index contributed by atoms with van der Waals surface area (Å²) in [5.41, 5.74) is 0. The quantitative estimate of drug-likeness (QED) is 0.611. The standard InChI is InChI=1S/C10H12FO.BrH.Zn/c1-3-8(2)12-10-6-4-9(11)5-7-10;;/h4-6,8H,3H2,1-2H3;1H;/q-1;;+2/p-1. The van der Waals surface area contributed by atoms with Gasteiger partial charge in [-0.2, -0.15) is 0 Å². The van der Waals surface area contributed by atoms with Crippen molar-refractivity contribution in [2.75, 3.05) is 0 Å². The van der Waals surface area contributed by atoms with Crippen LogP contribution in [0.1, 0.15) is 20.3 Å². The maximum absolute atomic E-state index is 12.4. The van der Waals surface area contributed by atoms with Crippen molar-refractivity contribution < 1.29 is 25.5 Å². The molecule has 0 amide bonds. The van der Waals surface area contributed by atoms with Crippen LogP contribution in [0.2, 0.25) is 0 Å². The van der Waals surface area contributed by atoms with Gasteiger partial charge >= 0.3 is 30.0 Å². The van der Waals surface area contributed by atoms with Crippen molar-refractivity contribution in [2.45, 2.75) is 26.4 Å². The summed E-state index contributed by atoms with van der Waals surface area (Å²) in [5, 5.41) is 0. The van der Waals surface area contributed by atoms with Crippen molar-refractivity contribution in [1.82, 2.24) is 0 Å². The van der Waals surface area contributed by atoms with Crippen LogP contribution in [0.4, 0.5) is 4.39 Å². The van der Waals surface area contributed by atoms with Gasteiger partial charge in [-0.25, -0.2) is 0 Å². The van der Waals surface area contributed by atoms with Gasteiger partial charge in [-0.15, -0.1) is 24.3 Å². The van der Waals surface area contributed by atoms with Crippen molar-refractivity contribution in [3.8, 4) is 5.75 Å². The molecule has 14 heavy (non-hydrogen) atoms. The van der Waals surface area contributed by atoms with Crippen LogP contribution in [0.15, 0.2) is 18.2 Å². The average molecular weight is 312 g/mol. The van der Waals surface area contributed by atoms with E-state index in [1.165, 1.54) is 28.5 Å². The first-order valence-corrected chi connectivity index (χ1v) is 11.3. The molecule has 4 heteroatoms. The first-order valence-electron chi connectivity index (χ1n) is 4.33. The van der Waals surface area contributed by atoms with Crippen molar-refractivity contribution in [2.24, 2.45) is 0 Å². The first-order chi connectivity index (χ1) is 6.72. The van der Waals surface area contributed by atoms with Crippen molar-refractivity contribution in [1.29, 1.82) is 0 Å². The Morgan fingerprint density at radius 2 is 2.21 bits per heavy atom. The van der Waals surface area contributed by atoms with E-state index in [-0.39, 0.29) is 11.9 Å². The normalized spacial score (nSPS) is 11.3. The third kappa shape index (κ3) is 5.71. The van der Waals surface area contributed by atoms with Crippen LogP contribution in [0, 0.1) is 11.9 Å². The Kier molecular flexibility index (Phi) is 8.40. The molecule has 0 spiro atoms. The second-order valence-corrected chi connectivity index (χ2v) is 2.71. The summed E-state index contributed by atoms with van der Waals surface area (Å²) in [7, 11) is 0. The van der Waals surface area contributed by atoms with E-state index < -0.39 is 0 Å². The Labute approximate surface area is 101 Å². The molecule has 1 rings (SSSR count). The van der Waals surface area contributed by atoms with Crippen LogP contribution in [0.25, 0.3) is 0 Å². The van der Waals surface area contributed by atoms with Crippen LogP contribution in [-0.2, 0) is 16.3 Å². The fraction of sp³-hybridized carbons (Fsp3) is 0.400. The van der Waals surface area contributed by atoms with Crippen molar-refractivity contribution in [3.05, 3.63) is 30.1 Å². The number of ether oxygens (including phenoxy) is 1. The number of hydrogen-bond acceptors (Lipinski definition) is 1. The third-order valence-electron chi connectivity index (χ3n) is 1.65. The van der Waals surface area contributed by atoms with E-state index in [4.69, 9.17) is 4.74 Å². The van der Waals surface area contributed by atoms with Gasteiger partial charge in [-0.1, -0.05) is 6.92 Å². The molecule has 1 aromatic rings. The molecule has 1 nitrogen and oxygen atoms in total. The van der Waals surface area contributed by atoms with E-state index in [9.17, 15) is 4.39 Å². The molecule has 0 heterocycles. The Morgan fingerprint density at radius 3 is 2.64 bits per heavy atom. The van der Waals surface area contributed by atoms with Gasteiger partial charge in [0.05, 0.1) is 6.10 Å². The Balaban J connectivity index is 0.000000791. The Hall–Kier alpha value is 0.0534. The van der Waals surface area contributed by atoms with E-state index in [1.807, 2.05) is 13.8 Å². The number of rotatable bonds is 3. The predicted octanol–water partition coefficient (Wildman–Crippen LogP) is 3.65. The van der Waals surface area contributed by atoms with Gasteiger partial charge in [0.15, 0.2) is 0 Å². The molecular formula is C10H12BrFOZn. The van der Waals surface area contributed by atoms with Crippen LogP contribution < -0.4 is 4.74 Å². The SMILES string of the molecule is CCC(C)Oc1[c-]cc(F)cc1.[Zn+][Br]. The molecule has 1 atom stereocenters. The molecule has 0 radical (unpaired) electrons. The molecule has 1 unspecified atom stereocenters. The third-order valence-corrected chi connectivity index (χ3v) is 1.65. The van der Waals surface area contributed by atoms with Crippen LogP contribution in [0.5, 0.6) is 5.75 Å². The molecule has 0 bridgehead atoms. The number of benzene rings is 1. The summed E-state index contributed by atoms with van der Waals surface area (Å²) in [6, 6.07) is 6.93. The van der Waals surface area contributed by atoms with Crippen LogP contribution in [0.3, 0.4) is 0 Å². The molecule has 0 N–H and O–H groups in total. The van der Waals surface area contributed by atoms with E-state index in [2.05, 4.69) is 19.7 Å². The Bertz CT molecular complexity index is 240. The van der Waals surface area contributed by atoms with E-state index in [1.54, 1.807) is 6.07 Å². The monoisotopic (exact) mass is 310 g/mol. The van der Waals surface area contributed by atoms with Crippen LogP contribution in [-0.4, -0.2) is 6.10 Å². The topological polar surface area (TPSA) is 9.23 Å².